The second-order valence-corrected chi connectivity index (χ2v) is 3.19. The van der Waals surface area contributed by atoms with Crippen LogP contribution in [0.5, 0.6) is 0 Å². The molecule has 1 aromatic heterocycles. The van der Waals surface area contributed by atoms with Gasteiger partial charge >= 0.3 is 5.97 Å². The molecule has 0 spiro atoms. The molecule has 0 radical (unpaired) electrons. The van der Waals surface area contributed by atoms with Gasteiger partial charge in [-0.3, -0.25) is 14.2 Å². The number of aliphatic carboxylic acids is 1. The number of aromatic amines is 1. The number of hydrogen-bond donors (Lipinski definition) is 3. The van der Waals surface area contributed by atoms with E-state index in [1.165, 1.54) is 10.8 Å². The molecular formula is C8H11N3O3S. The molecule has 82 valence electrons. The minimum absolute atomic E-state index is 0.202. The Hall–Kier alpha value is -1.63. The van der Waals surface area contributed by atoms with Crippen molar-refractivity contribution in [3.63, 3.8) is 0 Å². The summed E-state index contributed by atoms with van der Waals surface area (Å²) in [5, 5.41) is 10.9. The van der Waals surface area contributed by atoms with Gasteiger partial charge in [0.05, 0.1) is 0 Å². The largest absolute Gasteiger partial charge is 0.480 e. The number of nitrogens with one attached hydrogen (secondary N) is 2. The van der Waals surface area contributed by atoms with Crippen molar-refractivity contribution >= 4 is 23.9 Å². The maximum atomic E-state index is 11.7. The first kappa shape index (κ1) is 11.4. The quantitative estimate of drug-likeness (QED) is 0.651. The van der Waals surface area contributed by atoms with Gasteiger partial charge in [0.15, 0.2) is 4.77 Å². The number of H-pyrrole nitrogens is 1. The second-order valence-electron chi connectivity index (χ2n) is 2.80. The summed E-state index contributed by atoms with van der Waals surface area (Å²) >= 11 is 4.90. The van der Waals surface area contributed by atoms with E-state index in [9.17, 15) is 9.59 Å². The zero-order valence-electron chi connectivity index (χ0n) is 8.11. The highest BCUT2D eigenvalue weighted by atomic mass is 32.1. The molecule has 0 atom stereocenters. The Kier molecular flexibility index (Phi) is 3.62. The molecule has 1 heterocycles. The molecule has 0 amide bonds. The van der Waals surface area contributed by atoms with Gasteiger partial charge in [0.25, 0.3) is 5.56 Å². The fourth-order valence-corrected chi connectivity index (χ4v) is 1.37. The Morgan fingerprint density at radius 2 is 2.40 bits per heavy atom. The highest BCUT2D eigenvalue weighted by Crippen LogP contribution is 1.96. The number of carboxylic acids is 1. The Morgan fingerprint density at radius 1 is 1.73 bits per heavy atom. The monoisotopic (exact) mass is 229 g/mol. The number of nitrogens with zero attached hydrogens (tertiary/aromatic N) is 1. The lowest BCUT2D eigenvalue weighted by molar-refractivity contribution is -0.134. The molecule has 0 aliphatic carbocycles. The van der Waals surface area contributed by atoms with E-state index in [4.69, 9.17) is 17.3 Å². The third-order valence-corrected chi connectivity index (χ3v) is 2.15. The van der Waals surface area contributed by atoms with Crippen LogP contribution in [-0.4, -0.2) is 27.2 Å². The minimum atomic E-state index is -1.03. The van der Waals surface area contributed by atoms with Crippen LogP contribution in [0.15, 0.2) is 11.0 Å². The molecule has 6 nitrogen and oxygen atoms in total. The molecule has 0 aliphatic rings. The zero-order chi connectivity index (χ0) is 11.4. The van der Waals surface area contributed by atoms with Gasteiger partial charge in [-0.05, 0) is 19.1 Å². The first-order valence-corrected chi connectivity index (χ1v) is 4.75. The maximum Gasteiger partial charge on any atom is 0.322 e. The van der Waals surface area contributed by atoms with Crippen LogP contribution >= 0.6 is 12.2 Å². The van der Waals surface area contributed by atoms with Crippen molar-refractivity contribution in [1.82, 2.24) is 9.55 Å². The van der Waals surface area contributed by atoms with Gasteiger partial charge in [-0.1, -0.05) is 0 Å². The predicted octanol–water partition coefficient (Wildman–Crippen LogP) is 0.422. The molecule has 0 saturated heterocycles. The molecule has 0 aliphatic heterocycles. The lowest BCUT2D eigenvalue weighted by atomic mass is 10.4. The van der Waals surface area contributed by atoms with Crippen LogP contribution in [0, 0.1) is 4.77 Å². The Balaban J connectivity index is 3.06. The Morgan fingerprint density at radius 3 is 2.93 bits per heavy atom. The zero-order valence-corrected chi connectivity index (χ0v) is 8.93. The third-order valence-electron chi connectivity index (χ3n) is 1.81. The first-order chi connectivity index (χ1) is 7.06. The van der Waals surface area contributed by atoms with Gasteiger partial charge in [0.2, 0.25) is 0 Å². The predicted molar refractivity (Wildman–Crippen MR) is 57.7 cm³/mol. The molecule has 0 aromatic carbocycles. The lowest BCUT2D eigenvalue weighted by Gasteiger charge is -2.06. The van der Waals surface area contributed by atoms with Crippen molar-refractivity contribution in [2.24, 2.45) is 0 Å². The van der Waals surface area contributed by atoms with Crippen LogP contribution in [0.2, 0.25) is 0 Å². The molecule has 0 saturated carbocycles. The summed E-state index contributed by atoms with van der Waals surface area (Å²) in [5.41, 5.74) is -0.115. The average molecular weight is 229 g/mol. The summed E-state index contributed by atoms with van der Waals surface area (Å²) in [6, 6.07) is 0. The van der Waals surface area contributed by atoms with Crippen molar-refractivity contribution in [1.29, 1.82) is 0 Å². The summed E-state index contributed by atoms with van der Waals surface area (Å²) in [6.45, 7) is 1.92. The van der Waals surface area contributed by atoms with Crippen LogP contribution in [-0.2, 0) is 11.3 Å². The summed E-state index contributed by atoms with van der Waals surface area (Å²) in [4.78, 5) is 24.7. The van der Waals surface area contributed by atoms with Crippen molar-refractivity contribution in [3.8, 4) is 0 Å². The SMILES string of the molecule is CCn1c(=S)[nH]cc(NCC(=O)O)c1=O. The molecule has 0 bridgehead atoms. The number of hydrogen-bond acceptors (Lipinski definition) is 4. The number of carboxylic acid groups (broad SMARTS) is 1. The topological polar surface area (TPSA) is 87.1 Å². The molecule has 1 rings (SSSR count). The lowest BCUT2D eigenvalue weighted by Crippen LogP contribution is -2.26. The summed E-state index contributed by atoms with van der Waals surface area (Å²) < 4.78 is 1.67. The minimum Gasteiger partial charge on any atom is -0.480 e. The highest BCUT2D eigenvalue weighted by Gasteiger charge is 2.04. The molecule has 15 heavy (non-hydrogen) atoms. The molecule has 7 heteroatoms. The fraction of sp³-hybridized carbons (Fsp3) is 0.375. The van der Waals surface area contributed by atoms with Crippen LogP contribution in [0.1, 0.15) is 6.92 Å². The van der Waals surface area contributed by atoms with E-state index in [-0.39, 0.29) is 17.8 Å². The number of anilines is 1. The summed E-state index contributed by atoms with van der Waals surface area (Å²) in [5.74, 6) is -1.03. The van der Waals surface area contributed by atoms with Crippen LogP contribution < -0.4 is 10.9 Å². The number of carbonyl (C=O) groups is 1. The second kappa shape index (κ2) is 4.74. The number of rotatable bonds is 4. The molecule has 1 aromatic rings. The average Bonchev–Trinajstić information content (AvgIpc) is 2.17. The van der Waals surface area contributed by atoms with Gasteiger partial charge in [-0.2, -0.15) is 0 Å². The van der Waals surface area contributed by atoms with Gasteiger partial charge < -0.3 is 15.4 Å². The first-order valence-electron chi connectivity index (χ1n) is 4.34. The van der Waals surface area contributed by atoms with Crippen LogP contribution in [0.4, 0.5) is 5.69 Å². The van der Waals surface area contributed by atoms with Crippen molar-refractivity contribution in [3.05, 3.63) is 21.3 Å². The maximum absolute atomic E-state index is 11.7. The molecular weight excluding hydrogens is 218 g/mol. The fourth-order valence-electron chi connectivity index (χ4n) is 1.10. The smallest absolute Gasteiger partial charge is 0.322 e. The standard InChI is InChI=1S/C8H11N3O3S/c1-2-11-7(14)5(3-10-8(11)15)9-4-6(12)13/h3,9H,2,4H2,1H3,(H,10,15)(H,12,13). The van der Waals surface area contributed by atoms with Crippen molar-refractivity contribution in [2.75, 3.05) is 11.9 Å². The molecule has 3 N–H and O–H groups in total. The van der Waals surface area contributed by atoms with Crippen LogP contribution in [0.3, 0.4) is 0 Å². The summed E-state index contributed by atoms with van der Waals surface area (Å²) in [7, 11) is 0. The van der Waals surface area contributed by atoms with E-state index in [0.29, 0.717) is 11.3 Å². The normalized spacial score (nSPS) is 9.93. The third kappa shape index (κ3) is 2.66. The number of aromatic nitrogens is 2. The van der Waals surface area contributed by atoms with E-state index in [1.807, 2.05) is 0 Å². The molecule has 0 unspecified atom stereocenters. The van der Waals surface area contributed by atoms with Crippen molar-refractivity contribution in [2.45, 2.75) is 13.5 Å². The van der Waals surface area contributed by atoms with Crippen molar-refractivity contribution < 1.29 is 9.90 Å². The summed E-state index contributed by atoms with van der Waals surface area (Å²) in [6.07, 6.45) is 1.37. The van der Waals surface area contributed by atoms with E-state index in [0.717, 1.165) is 0 Å². The van der Waals surface area contributed by atoms with Crippen LogP contribution in [0.25, 0.3) is 0 Å². The van der Waals surface area contributed by atoms with E-state index < -0.39 is 5.97 Å². The highest BCUT2D eigenvalue weighted by molar-refractivity contribution is 7.71. The van der Waals surface area contributed by atoms with Gasteiger partial charge in [0.1, 0.15) is 12.2 Å². The van der Waals surface area contributed by atoms with Gasteiger partial charge in [0, 0.05) is 12.7 Å². The van der Waals surface area contributed by atoms with E-state index in [1.54, 1.807) is 6.92 Å². The van der Waals surface area contributed by atoms with E-state index >= 15 is 0 Å². The van der Waals surface area contributed by atoms with Gasteiger partial charge in [-0.25, -0.2) is 0 Å². The van der Waals surface area contributed by atoms with E-state index in [2.05, 4.69) is 10.3 Å². The Bertz CT molecular complexity index is 477. The van der Waals surface area contributed by atoms with Gasteiger partial charge in [-0.15, -0.1) is 0 Å². The Labute approximate surface area is 90.6 Å². The molecule has 0 fully saturated rings.